The van der Waals surface area contributed by atoms with Crippen molar-refractivity contribution in [3.8, 4) is 17.1 Å². The summed E-state index contributed by atoms with van der Waals surface area (Å²) in [4.78, 5) is 0. The highest BCUT2D eigenvalue weighted by Crippen LogP contribution is 2.28. The maximum absolute atomic E-state index is 6.00. The molecule has 0 fully saturated rings. The van der Waals surface area contributed by atoms with Gasteiger partial charge in [-0.25, -0.2) is 0 Å². The van der Waals surface area contributed by atoms with Crippen LogP contribution in [0.15, 0.2) is 36.5 Å². The fraction of sp³-hybridized carbons (Fsp3) is 0.0769. The molecule has 0 aliphatic rings. The Kier molecular flexibility index (Phi) is 2.76. The first-order valence-corrected chi connectivity index (χ1v) is 6.01. The summed E-state index contributed by atoms with van der Waals surface area (Å²) in [6.07, 6.45) is 1.77. The number of nitrogens with zero attached hydrogens (tertiary/aromatic N) is 3. The van der Waals surface area contributed by atoms with Gasteiger partial charge < -0.3 is 10.5 Å². The molecule has 3 rings (SSSR count). The van der Waals surface area contributed by atoms with Gasteiger partial charge in [0.05, 0.1) is 17.8 Å². The third-order valence-corrected chi connectivity index (χ3v) is 3.08. The molecule has 0 saturated heterocycles. The molecule has 3 aromatic rings. The second-order valence-electron chi connectivity index (χ2n) is 4.06. The molecule has 0 saturated carbocycles. The molecule has 2 N–H and O–H groups in total. The summed E-state index contributed by atoms with van der Waals surface area (Å²) < 4.78 is 7.04. The highest BCUT2D eigenvalue weighted by atomic mass is 35.5. The summed E-state index contributed by atoms with van der Waals surface area (Å²) in [5.74, 6) is 1.30. The van der Waals surface area contributed by atoms with Crippen LogP contribution in [0.5, 0.6) is 5.75 Å². The summed E-state index contributed by atoms with van der Waals surface area (Å²) in [5, 5.41) is 8.89. The molecule has 0 radical (unpaired) electrons. The Hall–Kier alpha value is -2.27. The van der Waals surface area contributed by atoms with Crippen LogP contribution in [0.1, 0.15) is 0 Å². The molecule has 0 amide bonds. The first-order valence-electron chi connectivity index (χ1n) is 5.63. The number of halogens is 1. The second kappa shape index (κ2) is 4.44. The van der Waals surface area contributed by atoms with Gasteiger partial charge in [-0.3, -0.25) is 4.40 Å². The van der Waals surface area contributed by atoms with Crippen LogP contribution < -0.4 is 10.5 Å². The highest BCUT2D eigenvalue weighted by Gasteiger charge is 2.10. The van der Waals surface area contributed by atoms with Gasteiger partial charge in [-0.2, -0.15) is 0 Å². The largest absolute Gasteiger partial charge is 0.495 e. The van der Waals surface area contributed by atoms with Gasteiger partial charge in [0.25, 0.3) is 0 Å². The van der Waals surface area contributed by atoms with Gasteiger partial charge in [0.1, 0.15) is 5.75 Å². The number of ether oxygens (including phenoxy) is 1. The lowest BCUT2D eigenvalue weighted by molar-refractivity contribution is 0.417. The van der Waals surface area contributed by atoms with Gasteiger partial charge in [0.15, 0.2) is 11.5 Å². The van der Waals surface area contributed by atoms with Gasteiger partial charge in [-0.15, -0.1) is 10.2 Å². The Bertz CT molecular complexity index is 753. The third-order valence-electron chi connectivity index (χ3n) is 2.86. The molecule has 0 spiro atoms. The van der Waals surface area contributed by atoms with Crippen LogP contribution in [-0.2, 0) is 0 Å². The first-order chi connectivity index (χ1) is 9.19. The van der Waals surface area contributed by atoms with E-state index in [4.69, 9.17) is 22.1 Å². The lowest BCUT2D eigenvalue weighted by Gasteiger charge is -2.06. The van der Waals surface area contributed by atoms with E-state index in [9.17, 15) is 0 Å². The molecule has 0 atom stereocenters. The van der Waals surface area contributed by atoms with Gasteiger partial charge in [-0.1, -0.05) is 11.6 Å². The third kappa shape index (κ3) is 1.98. The number of anilines is 1. The smallest absolute Gasteiger partial charge is 0.168 e. The Balaban J connectivity index is 2.21. The van der Waals surface area contributed by atoms with Crippen molar-refractivity contribution in [1.29, 1.82) is 0 Å². The minimum absolute atomic E-state index is 0.582. The van der Waals surface area contributed by atoms with Crippen LogP contribution in [0.4, 0.5) is 5.69 Å². The van der Waals surface area contributed by atoms with E-state index in [1.807, 2.05) is 22.6 Å². The molecule has 19 heavy (non-hydrogen) atoms. The maximum Gasteiger partial charge on any atom is 0.168 e. The van der Waals surface area contributed by atoms with E-state index in [1.165, 1.54) is 0 Å². The number of pyridine rings is 1. The topological polar surface area (TPSA) is 65.4 Å². The Morgan fingerprint density at radius 3 is 2.84 bits per heavy atom. The number of hydrogen-bond acceptors (Lipinski definition) is 4. The zero-order chi connectivity index (χ0) is 13.4. The molecule has 1 aromatic carbocycles. The molecule has 6 heteroatoms. The number of nitrogen functional groups attached to an aromatic ring is 1. The monoisotopic (exact) mass is 274 g/mol. The van der Waals surface area contributed by atoms with Crippen molar-refractivity contribution in [3.63, 3.8) is 0 Å². The summed E-state index contributed by atoms with van der Waals surface area (Å²) in [5.41, 5.74) is 7.98. The molecule has 0 aliphatic carbocycles. The molecule has 2 heterocycles. The predicted molar refractivity (Wildman–Crippen MR) is 74.4 cm³/mol. The molecular formula is C13H11ClN4O. The number of nitrogens with two attached hydrogens (primary N) is 1. The van der Waals surface area contributed by atoms with E-state index in [0.29, 0.717) is 22.3 Å². The lowest BCUT2D eigenvalue weighted by Crippen LogP contribution is -1.94. The second-order valence-corrected chi connectivity index (χ2v) is 4.49. The molecule has 5 nitrogen and oxygen atoms in total. The minimum Gasteiger partial charge on any atom is -0.495 e. The molecule has 0 aliphatic heterocycles. The quantitative estimate of drug-likeness (QED) is 0.730. The molecule has 96 valence electrons. The average molecular weight is 275 g/mol. The Morgan fingerprint density at radius 1 is 1.21 bits per heavy atom. The van der Waals surface area contributed by atoms with E-state index >= 15 is 0 Å². The summed E-state index contributed by atoms with van der Waals surface area (Å²) in [6, 6.07) is 9.06. The first kappa shape index (κ1) is 11.8. The zero-order valence-corrected chi connectivity index (χ0v) is 10.9. The number of benzene rings is 1. The Morgan fingerprint density at radius 2 is 2.05 bits per heavy atom. The number of methoxy groups -OCH3 is 1. The van der Waals surface area contributed by atoms with Crippen LogP contribution in [-0.4, -0.2) is 21.7 Å². The molecular weight excluding hydrogens is 264 g/mol. The van der Waals surface area contributed by atoms with Crippen LogP contribution in [0, 0.1) is 0 Å². The number of fused-ring (bicyclic) bond motifs is 1. The summed E-state index contributed by atoms with van der Waals surface area (Å²) >= 11 is 6.00. The van der Waals surface area contributed by atoms with Crippen molar-refractivity contribution in [1.82, 2.24) is 14.6 Å². The van der Waals surface area contributed by atoms with E-state index in [-0.39, 0.29) is 0 Å². The number of aromatic nitrogens is 3. The summed E-state index contributed by atoms with van der Waals surface area (Å²) in [6.45, 7) is 0. The molecule has 2 aromatic heterocycles. The van der Waals surface area contributed by atoms with Crippen molar-refractivity contribution in [2.24, 2.45) is 0 Å². The highest BCUT2D eigenvalue weighted by molar-refractivity contribution is 6.30. The van der Waals surface area contributed by atoms with Crippen LogP contribution in [0.2, 0.25) is 5.02 Å². The van der Waals surface area contributed by atoms with E-state index < -0.39 is 0 Å². The van der Waals surface area contributed by atoms with Crippen LogP contribution in [0.25, 0.3) is 17.0 Å². The predicted octanol–water partition coefficient (Wildman–Crippen LogP) is 2.64. The normalized spacial score (nSPS) is 10.8. The van der Waals surface area contributed by atoms with Crippen molar-refractivity contribution in [2.45, 2.75) is 0 Å². The fourth-order valence-electron chi connectivity index (χ4n) is 1.91. The standard InChI is InChI=1S/C13H11ClN4O/c1-19-11-6-8(2-4-10(11)15)13-17-16-12-5-3-9(14)7-18(12)13/h2-7H,15H2,1H3. The van der Waals surface area contributed by atoms with E-state index in [2.05, 4.69) is 10.2 Å². The van der Waals surface area contributed by atoms with Crippen molar-refractivity contribution in [3.05, 3.63) is 41.6 Å². The lowest BCUT2D eigenvalue weighted by atomic mass is 10.2. The van der Waals surface area contributed by atoms with Crippen molar-refractivity contribution < 1.29 is 4.74 Å². The van der Waals surface area contributed by atoms with Crippen LogP contribution >= 0.6 is 11.6 Å². The zero-order valence-electron chi connectivity index (χ0n) is 10.2. The molecule has 0 bridgehead atoms. The fourth-order valence-corrected chi connectivity index (χ4v) is 2.07. The number of rotatable bonds is 2. The number of hydrogen-bond donors (Lipinski definition) is 1. The van der Waals surface area contributed by atoms with E-state index in [1.54, 1.807) is 25.4 Å². The molecule has 0 unspecified atom stereocenters. The van der Waals surface area contributed by atoms with Crippen molar-refractivity contribution in [2.75, 3.05) is 12.8 Å². The van der Waals surface area contributed by atoms with Gasteiger partial charge >= 0.3 is 0 Å². The average Bonchev–Trinajstić information content (AvgIpc) is 2.82. The van der Waals surface area contributed by atoms with Gasteiger partial charge in [0.2, 0.25) is 0 Å². The van der Waals surface area contributed by atoms with Crippen molar-refractivity contribution >= 4 is 22.9 Å². The maximum atomic E-state index is 6.00. The SMILES string of the molecule is COc1cc(-c2nnc3ccc(Cl)cn23)ccc1N. The van der Waals surface area contributed by atoms with Gasteiger partial charge in [0, 0.05) is 11.8 Å². The van der Waals surface area contributed by atoms with E-state index in [0.717, 1.165) is 11.2 Å². The Labute approximate surface area is 114 Å². The summed E-state index contributed by atoms with van der Waals surface area (Å²) in [7, 11) is 1.58. The minimum atomic E-state index is 0.582. The van der Waals surface area contributed by atoms with Gasteiger partial charge in [-0.05, 0) is 30.3 Å². The van der Waals surface area contributed by atoms with Crippen LogP contribution in [0.3, 0.4) is 0 Å².